The summed E-state index contributed by atoms with van der Waals surface area (Å²) in [6.45, 7) is 6.58. The lowest BCUT2D eigenvalue weighted by Crippen LogP contribution is -2.08. The summed E-state index contributed by atoms with van der Waals surface area (Å²) in [6, 6.07) is 10.3. The van der Waals surface area contributed by atoms with Gasteiger partial charge in [0, 0.05) is 23.6 Å². The van der Waals surface area contributed by atoms with Crippen LogP contribution in [0.1, 0.15) is 34.0 Å². The maximum atomic E-state index is 12.5. The minimum Gasteiger partial charge on any atom is -0.457 e. The number of aryl methyl sites for hydroxylation is 3. The largest absolute Gasteiger partial charge is 0.457 e. The van der Waals surface area contributed by atoms with E-state index in [2.05, 4.69) is 10.3 Å². The molecule has 0 atom stereocenters. The van der Waals surface area contributed by atoms with E-state index < -0.39 is 11.6 Å². The van der Waals surface area contributed by atoms with Gasteiger partial charge >= 0.3 is 11.6 Å². The van der Waals surface area contributed by atoms with Gasteiger partial charge in [0.25, 0.3) is 0 Å². The zero-order valence-electron chi connectivity index (χ0n) is 15.9. The van der Waals surface area contributed by atoms with Gasteiger partial charge in [-0.05, 0) is 62.2 Å². The van der Waals surface area contributed by atoms with Crippen molar-refractivity contribution in [1.29, 1.82) is 0 Å². The third-order valence-electron chi connectivity index (χ3n) is 4.85. The molecule has 0 aliphatic carbocycles. The summed E-state index contributed by atoms with van der Waals surface area (Å²) >= 11 is 0. The first-order valence-corrected chi connectivity index (χ1v) is 9.00. The van der Waals surface area contributed by atoms with Crippen LogP contribution in [0.3, 0.4) is 0 Å². The monoisotopic (exact) mass is 377 g/mol. The molecule has 2 aromatic carbocycles. The van der Waals surface area contributed by atoms with Crippen molar-refractivity contribution in [3.05, 3.63) is 69.1 Å². The topological polar surface area (TPSA) is 87.2 Å². The van der Waals surface area contributed by atoms with Crippen molar-refractivity contribution in [1.82, 2.24) is 15.0 Å². The third-order valence-corrected chi connectivity index (χ3v) is 4.85. The SMILES string of the molecule is CCn1nnc2cc(C(=O)OCc3cc(=O)oc4cc(C)c(C)cc34)ccc21. The fraction of sp³-hybridized carbons (Fsp3) is 0.238. The Morgan fingerprint density at radius 1 is 1.14 bits per heavy atom. The molecule has 0 unspecified atom stereocenters. The molecule has 0 amide bonds. The van der Waals surface area contributed by atoms with Gasteiger partial charge in [0.15, 0.2) is 0 Å². The van der Waals surface area contributed by atoms with Crippen LogP contribution in [0.4, 0.5) is 0 Å². The molecule has 7 nitrogen and oxygen atoms in total. The predicted octanol–water partition coefficient (Wildman–Crippen LogP) is 3.53. The van der Waals surface area contributed by atoms with Crippen molar-refractivity contribution in [3.63, 3.8) is 0 Å². The average molecular weight is 377 g/mol. The van der Waals surface area contributed by atoms with E-state index in [0.29, 0.717) is 28.8 Å². The van der Waals surface area contributed by atoms with E-state index in [1.807, 2.05) is 32.9 Å². The molecule has 0 aliphatic heterocycles. The van der Waals surface area contributed by atoms with Crippen molar-refractivity contribution >= 4 is 28.0 Å². The van der Waals surface area contributed by atoms with Crippen molar-refractivity contribution in [2.24, 2.45) is 0 Å². The first-order valence-electron chi connectivity index (χ1n) is 9.00. The van der Waals surface area contributed by atoms with Crippen LogP contribution in [0.15, 0.2) is 45.6 Å². The van der Waals surface area contributed by atoms with Gasteiger partial charge in [-0.15, -0.1) is 5.10 Å². The van der Waals surface area contributed by atoms with E-state index in [1.165, 1.54) is 6.07 Å². The first kappa shape index (κ1) is 17.9. The normalized spacial score (nSPS) is 11.2. The highest BCUT2D eigenvalue weighted by molar-refractivity contribution is 5.93. The van der Waals surface area contributed by atoms with Crippen LogP contribution in [-0.4, -0.2) is 21.0 Å². The van der Waals surface area contributed by atoms with Gasteiger partial charge in [-0.2, -0.15) is 0 Å². The number of aromatic nitrogens is 3. The molecule has 142 valence electrons. The number of benzene rings is 2. The zero-order chi connectivity index (χ0) is 19.8. The van der Waals surface area contributed by atoms with Crippen LogP contribution < -0.4 is 5.63 Å². The van der Waals surface area contributed by atoms with Gasteiger partial charge in [-0.3, -0.25) is 0 Å². The minimum atomic E-state index is -0.488. The molecule has 2 heterocycles. The summed E-state index contributed by atoms with van der Waals surface area (Å²) in [7, 11) is 0. The molecule has 0 spiro atoms. The second-order valence-corrected chi connectivity index (χ2v) is 6.71. The fourth-order valence-electron chi connectivity index (χ4n) is 3.16. The molecule has 4 aromatic rings. The maximum absolute atomic E-state index is 12.5. The van der Waals surface area contributed by atoms with Crippen LogP contribution >= 0.6 is 0 Å². The standard InChI is InChI=1S/C21H19N3O4/c1-4-24-18-6-5-14(9-17(18)22-23-24)21(26)27-11-15-10-20(25)28-19-8-13(3)12(2)7-16(15)19/h5-10H,4,11H2,1-3H3. The Morgan fingerprint density at radius 3 is 2.71 bits per heavy atom. The zero-order valence-corrected chi connectivity index (χ0v) is 15.9. The van der Waals surface area contributed by atoms with Crippen LogP contribution in [0.2, 0.25) is 0 Å². The Bertz CT molecular complexity index is 1270. The molecular formula is C21H19N3O4. The fourth-order valence-corrected chi connectivity index (χ4v) is 3.16. The van der Waals surface area contributed by atoms with E-state index in [0.717, 1.165) is 22.0 Å². The number of esters is 1. The number of carbonyl (C=O) groups excluding carboxylic acids is 1. The number of hydrogen-bond acceptors (Lipinski definition) is 6. The van der Waals surface area contributed by atoms with Gasteiger partial charge in [0.2, 0.25) is 0 Å². The summed E-state index contributed by atoms with van der Waals surface area (Å²) in [5.41, 5.74) is 4.59. The molecule has 0 bridgehead atoms. The summed E-state index contributed by atoms with van der Waals surface area (Å²) in [6.07, 6.45) is 0. The van der Waals surface area contributed by atoms with Crippen molar-refractivity contribution in [2.75, 3.05) is 0 Å². The average Bonchev–Trinajstić information content (AvgIpc) is 3.09. The summed E-state index contributed by atoms with van der Waals surface area (Å²) < 4.78 is 12.5. The van der Waals surface area contributed by atoms with Crippen molar-refractivity contribution in [3.8, 4) is 0 Å². The lowest BCUT2D eigenvalue weighted by atomic mass is 10.0. The van der Waals surface area contributed by atoms with Crippen LogP contribution in [-0.2, 0) is 17.9 Å². The van der Waals surface area contributed by atoms with Gasteiger partial charge in [0.05, 0.1) is 11.1 Å². The molecule has 0 aliphatic rings. The maximum Gasteiger partial charge on any atom is 0.338 e. The molecule has 0 saturated heterocycles. The molecule has 4 rings (SSSR count). The molecule has 0 N–H and O–H groups in total. The van der Waals surface area contributed by atoms with Gasteiger partial charge < -0.3 is 9.15 Å². The van der Waals surface area contributed by atoms with Crippen LogP contribution in [0, 0.1) is 13.8 Å². The second-order valence-electron chi connectivity index (χ2n) is 6.71. The summed E-state index contributed by atoms with van der Waals surface area (Å²) in [5.74, 6) is -0.488. The predicted molar refractivity (Wildman–Crippen MR) is 104 cm³/mol. The summed E-state index contributed by atoms with van der Waals surface area (Å²) in [5, 5.41) is 8.87. The minimum absolute atomic E-state index is 0.0247. The quantitative estimate of drug-likeness (QED) is 0.399. The summed E-state index contributed by atoms with van der Waals surface area (Å²) in [4.78, 5) is 24.4. The number of fused-ring (bicyclic) bond motifs is 2. The molecule has 28 heavy (non-hydrogen) atoms. The molecule has 7 heteroatoms. The van der Waals surface area contributed by atoms with Gasteiger partial charge in [0.1, 0.15) is 17.7 Å². The van der Waals surface area contributed by atoms with Crippen molar-refractivity contribution in [2.45, 2.75) is 33.9 Å². The number of hydrogen-bond donors (Lipinski definition) is 0. The Labute approximate surface area is 160 Å². The van der Waals surface area contributed by atoms with Crippen molar-refractivity contribution < 1.29 is 13.9 Å². The number of ether oxygens (including phenoxy) is 1. The molecule has 0 saturated carbocycles. The Balaban J connectivity index is 1.61. The molecular weight excluding hydrogens is 358 g/mol. The van der Waals surface area contributed by atoms with Crippen LogP contribution in [0.5, 0.6) is 0 Å². The number of nitrogens with zero attached hydrogens (tertiary/aromatic N) is 3. The highest BCUT2D eigenvalue weighted by Gasteiger charge is 2.14. The lowest BCUT2D eigenvalue weighted by molar-refractivity contribution is 0.0474. The van der Waals surface area contributed by atoms with E-state index in [1.54, 1.807) is 22.9 Å². The molecule has 0 radical (unpaired) electrons. The molecule has 2 aromatic heterocycles. The van der Waals surface area contributed by atoms with E-state index in [9.17, 15) is 9.59 Å². The third kappa shape index (κ3) is 3.15. The highest BCUT2D eigenvalue weighted by atomic mass is 16.5. The van der Waals surface area contributed by atoms with Crippen LogP contribution in [0.25, 0.3) is 22.0 Å². The second kappa shape index (κ2) is 6.92. The Kier molecular flexibility index (Phi) is 4.43. The lowest BCUT2D eigenvalue weighted by Gasteiger charge is -2.09. The first-order chi connectivity index (χ1) is 13.5. The van der Waals surface area contributed by atoms with Gasteiger partial charge in [-0.25, -0.2) is 14.3 Å². The smallest absolute Gasteiger partial charge is 0.338 e. The number of rotatable bonds is 4. The Morgan fingerprint density at radius 2 is 1.93 bits per heavy atom. The van der Waals surface area contributed by atoms with Gasteiger partial charge in [-0.1, -0.05) is 5.21 Å². The molecule has 0 fully saturated rings. The highest BCUT2D eigenvalue weighted by Crippen LogP contribution is 2.22. The Hall–Kier alpha value is -3.48. The number of carbonyl (C=O) groups is 1. The van der Waals surface area contributed by atoms with E-state index in [4.69, 9.17) is 9.15 Å². The van der Waals surface area contributed by atoms with E-state index >= 15 is 0 Å². The van der Waals surface area contributed by atoms with E-state index in [-0.39, 0.29) is 6.61 Å².